The molecule has 0 amide bonds. The molecule has 3 aromatic carbocycles. The largest absolute Gasteiger partial charge is 0.463 e. The van der Waals surface area contributed by atoms with Gasteiger partial charge in [0, 0.05) is 23.1 Å². The van der Waals surface area contributed by atoms with E-state index in [4.69, 9.17) is 4.74 Å². The first-order chi connectivity index (χ1) is 15.8. The van der Waals surface area contributed by atoms with Crippen LogP contribution in [0.2, 0.25) is 0 Å². The van der Waals surface area contributed by atoms with E-state index < -0.39 is 0 Å². The smallest absolute Gasteiger partial charge is 0.330 e. The first-order valence-corrected chi connectivity index (χ1v) is 11.7. The van der Waals surface area contributed by atoms with Crippen LogP contribution in [0.1, 0.15) is 53.5 Å². The summed E-state index contributed by atoms with van der Waals surface area (Å²) in [5.41, 5.74) is 9.81. The second kappa shape index (κ2) is 11.0. The van der Waals surface area contributed by atoms with Crippen LogP contribution in [0.4, 0.5) is 17.1 Å². The van der Waals surface area contributed by atoms with Crippen molar-refractivity contribution in [2.75, 3.05) is 11.5 Å². The zero-order valence-corrected chi connectivity index (χ0v) is 20.5. The molecule has 0 saturated heterocycles. The van der Waals surface area contributed by atoms with E-state index in [0.29, 0.717) is 12.5 Å². The van der Waals surface area contributed by atoms with Crippen LogP contribution in [0.15, 0.2) is 73.3 Å². The van der Waals surface area contributed by atoms with Crippen LogP contribution in [0.25, 0.3) is 0 Å². The van der Waals surface area contributed by atoms with Crippen LogP contribution in [0.5, 0.6) is 0 Å². The van der Waals surface area contributed by atoms with E-state index in [-0.39, 0.29) is 5.97 Å². The number of nitrogens with zero attached hydrogens (tertiary/aromatic N) is 1. The first-order valence-electron chi connectivity index (χ1n) is 11.7. The lowest BCUT2D eigenvalue weighted by atomic mass is 9.93. The SMILES string of the molecule is C=CC(=O)OCCC(CC)c1ccc(N(c2ccc(C)c(C)c2)c2ccc(C)c(C)c2)cc1. The van der Waals surface area contributed by atoms with Gasteiger partial charge >= 0.3 is 5.97 Å². The highest BCUT2D eigenvalue weighted by Gasteiger charge is 2.16. The Balaban J connectivity index is 1.93. The van der Waals surface area contributed by atoms with Crippen molar-refractivity contribution in [3.63, 3.8) is 0 Å². The van der Waals surface area contributed by atoms with Gasteiger partial charge in [-0.15, -0.1) is 0 Å². The van der Waals surface area contributed by atoms with Crippen LogP contribution in [-0.2, 0) is 9.53 Å². The van der Waals surface area contributed by atoms with Gasteiger partial charge < -0.3 is 9.64 Å². The molecule has 3 aromatic rings. The fourth-order valence-electron chi connectivity index (χ4n) is 4.04. The summed E-state index contributed by atoms with van der Waals surface area (Å²) in [6, 6.07) is 22.0. The number of aryl methyl sites for hydroxylation is 4. The van der Waals surface area contributed by atoms with Crippen LogP contribution in [-0.4, -0.2) is 12.6 Å². The predicted octanol–water partition coefficient (Wildman–Crippen LogP) is 8.00. The number of anilines is 3. The van der Waals surface area contributed by atoms with Gasteiger partial charge in [-0.25, -0.2) is 4.79 Å². The van der Waals surface area contributed by atoms with Gasteiger partial charge in [0.25, 0.3) is 0 Å². The molecule has 0 aliphatic rings. The lowest BCUT2D eigenvalue weighted by Gasteiger charge is -2.27. The Bertz CT molecular complexity index is 1060. The number of benzene rings is 3. The monoisotopic (exact) mass is 441 g/mol. The number of ether oxygens (including phenoxy) is 1. The molecule has 172 valence electrons. The summed E-state index contributed by atoms with van der Waals surface area (Å²) < 4.78 is 5.20. The molecule has 0 aliphatic carbocycles. The Morgan fingerprint density at radius 2 is 1.36 bits per heavy atom. The zero-order valence-electron chi connectivity index (χ0n) is 20.5. The summed E-state index contributed by atoms with van der Waals surface area (Å²) in [5.74, 6) is -0.0222. The molecule has 3 rings (SSSR count). The van der Waals surface area contributed by atoms with E-state index in [1.807, 2.05) is 0 Å². The number of hydrogen-bond donors (Lipinski definition) is 0. The zero-order chi connectivity index (χ0) is 24.0. The number of esters is 1. The summed E-state index contributed by atoms with van der Waals surface area (Å²) in [4.78, 5) is 13.7. The van der Waals surface area contributed by atoms with Crippen molar-refractivity contribution in [2.24, 2.45) is 0 Å². The quantitative estimate of drug-likeness (QED) is 0.249. The number of carbonyl (C=O) groups excluding carboxylic acids is 1. The van der Waals surface area contributed by atoms with Gasteiger partial charge in [0.05, 0.1) is 6.61 Å². The van der Waals surface area contributed by atoms with Crippen molar-refractivity contribution in [1.29, 1.82) is 0 Å². The lowest BCUT2D eigenvalue weighted by molar-refractivity contribution is -0.137. The predicted molar refractivity (Wildman–Crippen MR) is 139 cm³/mol. The highest BCUT2D eigenvalue weighted by Crippen LogP contribution is 2.37. The molecule has 1 atom stereocenters. The Morgan fingerprint density at radius 1 is 0.848 bits per heavy atom. The summed E-state index contributed by atoms with van der Waals surface area (Å²) in [7, 11) is 0. The Labute approximate surface area is 198 Å². The van der Waals surface area contributed by atoms with Crippen molar-refractivity contribution in [2.45, 2.75) is 53.4 Å². The highest BCUT2D eigenvalue weighted by atomic mass is 16.5. The molecular formula is C30H35NO2. The minimum Gasteiger partial charge on any atom is -0.463 e. The minimum atomic E-state index is -0.363. The number of hydrogen-bond acceptors (Lipinski definition) is 3. The molecule has 0 bridgehead atoms. The van der Waals surface area contributed by atoms with Crippen molar-refractivity contribution in [3.8, 4) is 0 Å². The molecule has 1 unspecified atom stereocenters. The maximum absolute atomic E-state index is 11.4. The Hall–Kier alpha value is -3.33. The van der Waals surface area contributed by atoms with Gasteiger partial charge in [-0.05, 0) is 111 Å². The summed E-state index contributed by atoms with van der Waals surface area (Å²) >= 11 is 0. The van der Waals surface area contributed by atoms with Crippen molar-refractivity contribution >= 4 is 23.0 Å². The maximum Gasteiger partial charge on any atom is 0.330 e. The third-order valence-corrected chi connectivity index (χ3v) is 6.49. The summed E-state index contributed by atoms with van der Waals surface area (Å²) in [6.45, 7) is 14.6. The third-order valence-electron chi connectivity index (χ3n) is 6.49. The van der Waals surface area contributed by atoms with Crippen LogP contribution in [0, 0.1) is 27.7 Å². The summed E-state index contributed by atoms with van der Waals surface area (Å²) in [5, 5.41) is 0. The minimum absolute atomic E-state index is 0.341. The number of carbonyl (C=O) groups is 1. The fraction of sp³-hybridized carbons (Fsp3) is 0.300. The summed E-state index contributed by atoms with van der Waals surface area (Å²) in [6.07, 6.45) is 3.00. The van der Waals surface area contributed by atoms with E-state index in [2.05, 4.69) is 107 Å². The molecule has 0 spiro atoms. The molecule has 33 heavy (non-hydrogen) atoms. The van der Waals surface area contributed by atoms with Crippen LogP contribution < -0.4 is 4.90 Å². The van der Waals surface area contributed by atoms with Crippen molar-refractivity contribution < 1.29 is 9.53 Å². The molecule has 0 heterocycles. The Kier molecular flexibility index (Phi) is 8.11. The third kappa shape index (κ3) is 5.92. The standard InChI is InChI=1S/C30H35NO2/c1-7-25(17-18-33-30(32)8-2)26-11-15-27(16-12-26)31(28-13-9-21(3)23(5)19-28)29-14-10-22(4)24(6)20-29/h8-16,19-20,25H,2,7,17-18H2,1,3-6H3. The fourth-order valence-corrected chi connectivity index (χ4v) is 4.04. The van der Waals surface area contributed by atoms with Gasteiger partial charge in [-0.2, -0.15) is 0 Å². The molecule has 0 fully saturated rings. The highest BCUT2D eigenvalue weighted by molar-refractivity contribution is 5.81. The molecule has 3 nitrogen and oxygen atoms in total. The average molecular weight is 442 g/mol. The molecule has 0 aliphatic heterocycles. The van der Waals surface area contributed by atoms with Gasteiger partial charge in [0.15, 0.2) is 0 Å². The normalized spacial score (nSPS) is 11.7. The number of rotatable bonds is 9. The van der Waals surface area contributed by atoms with Crippen molar-refractivity contribution in [3.05, 3.63) is 101 Å². The first kappa shape index (κ1) is 24.3. The average Bonchev–Trinajstić information content (AvgIpc) is 2.82. The second-order valence-electron chi connectivity index (χ2n) is 8.73. The van der Waals surface area contributed by atoms with Gasteiger partial charge in [0.2, 0.25) is 0 Å². The molecule has 0 saturated carbocycles. The maximum atomic E-state index is 11.4. The van der Waals surface area contributed by atoms with E-state index in [1.165, 1.54) is 33.9 Å². The molecule has 0 N–H and O–H groups in total. The lowest BCUT2D eigenvalue weighted by Crippen LogP contribution is -2.11. The van der Waals surface area contributed by atoms with Gasteiger partial charge in [-0.1, -0.05) is 37.8 Å². The van der Waals surface area contributed by atoms with Crippen LogP contribution in [0.3, 0.4) is 0 Å². The van der Waals surface area contributed by atoms with Gasteiger partial charge in [0.1, 0.15) is 0 Å². The van der Waals surface area contributed by atoms with E-state index in [9.17, 15) is 4.79 Å². The van der Waals surface area contributed by atoms with Crippen molar-refractivity contribution in [1.82, 2.24) is 0 Å². The second-order valence-corrected chi connectivity index (χ2v) is 8.73. The van der Waals surface area contributed by atoms with E-state index in [0.717, 1.165) is 29.9 Å². The molecular weight excluding hydrogens is 406 g/mol. The van der Waals surface area contributed by atoms with E-state index >= 15 is 0 Å². The van der Waals surface area contributed by atoms with E-state index in [1.54, 1.807) is 0 Å². The van der Waals surface area contributed by atoms with Crippen LogP contribution >= 0.6 is 0 Å². The van der Waals surface area contributed by atoms with Gasteiger partial charge in [-0.3, -0.25) is 0 Å². The Morgan fingerprint density at radius 3 is 1.82 bits per heavy atom. The molecule has 0 radical (unpaired) electrons. The molecule has 3 heteroatoms. The molecule has 0 aromatic heterocycles. The topological polar surface area (TPSA) is 29.5 Å².